The van der Waals surface area contributed by atoms with E-state index >= 15 is 0 Å². The molecule has 1 fully saturated rings. The van der Waals surface area contributed by atoms with Gasteiger partial charge in [-0.05, 0) is 19.3 Å². The molecule has 1 aliphatic rings. The summed E-state index contributed by atoms with van der Waals surface area (Å²) in [6.07, 6.45) is 8.93. The van der Waals surface area contributed by atoms with Crippen LogP contribution in [0.5, 0.6) is 0 Å². The molecule has 0 bridgehead atoms. The van der Waals surface area contributed by atoms with Crippen molar-refractivity contribution < 1.29 is 9.32 Å². The van der Waals surface area contributed by atoms with Crippen LogP contribution in [0.15, 0.2) is 29.2 Å². The van der Waals surface area contributed by atoms with Crippen molar-refractivity contribution in [2.45, 2.75) is 38.5 Å². The van der Waals surface area contributed by atoms with Crippen LogP contribution < -0.4 is 0 Å². The van der Waals surface area contributed by atoms with E-state index in [4.69, 9.17) is 4.52 Å². The first kappa shape index (κ1) is 14.7. The monoisotopic (exact) mass is 300 g/mol. The van der Waals surface area contributed by atoms with Gasteiger partial charge in [-0.25, -0.2) is 0 Å². The fourth-order valence-electron chi connectivity index (χ4n) is 2.86. The third-order valence-electron chi connectivity index (χ3n) is 3.98. The summed E-state index contributed by atoms with van der Waals surface area (Å²) in [7, 11) is 0. The van der Waals surface area contributed by atoms with Gasteiger partial charge in [0.25, 0.3) is 5.91 Å². The normalized spacial score (nSPS) is 18.4. The van der Waals surface area contributed by atoms with E-state index in [1.807, 2.05) is 4.90 Å². The Kier molecular flexibility index (Phi) is 4.46. The Hall–Kier alpha value is -2.24. The smallest absolute Gasteiger partial charge is 0.276 e. The summed E-state index contributed by atoms with van der Waals surface area (Å²) in [4.78, 5) is 22.9. The molecule has 2 aromatic rings. The van der Waals surface area contributed by atoms with Crippen molar-refractivity contribution in [3.8, 4) is 0 Å². The summed E-state index contributed by atoms with van der Waals surface area (Å²) in [6.45, 7) is 3.49. The number of nitrogens with zero attached hydrogens (tertiary/aromatic N) is 4. The minimum atomic E-state index is -0.0558. The van der Waals surface area contributed by atoms with Crippen LogP contribution in [0.4, 0.5) is 0 Å². The van der Waals surface area contributed by atoms with Crippen LogP contribution >= 0.6 is 0 Å². The van der Waals surface area contributed by atoms with Gasteiger partial charge in [-0.2, -0.15) is 0 Å². The van der Waals surface area contributed by atoms with Crippen molar-refractivity contribution in [1.82, 2.24) is 20.0 Å². The van der Waals surface area contributed by atoms with Gasteiger partial charge in [-0.15, -0.1) is 0 Å². The number of rotatable bonds is 4. The maximum atomic E-state index is 12.6. The van der Waals surface area contributed by atoms with Crippen LogP contribution in [-0.2, 0) is 6.42 Å². The van der Waals surface area contributed by atoms with Crippen LogP contribution in [0.2, 0.25) is 0 Å². The SMILES string of the molecule is CCCc1cc(C(=O)N2CCCC(c3cnccn3)C2)no1. The molecule has 3 heterocycles. The van der Waals surface area contributed by atoms with E-state index in [2.05, 4.69) is 22.0 Å². The minimum Gasteiger partial charge on any atom is -0.361 e. The zero-order chi connectivity index (χ0) is 15.4. The maximum absolute atomic E-state index is 12.6. The predicted molar refractivity (Wildman–Crippen MR) is 80.4 cm³/mol. The Morgan fingerprint density at radius 2 is 2.36 bits per heavy atom. The van der Waals surface area contributed by atoms with Crippen molar-refractivity contribution in [2.75, 3.05) is 13.1 Å². The first-order chi connectivity index (χ1) is 10.8. The number of piperidine rings is 1. The molecule has 22 heavy (non-hydrogen) atoms. The first-order valence-corrected chi connectivity index (χ1v) is 7.78. The van der Waals surface area contributed by atoms with E-state index in [1.165, 1.54) is 0 Å². The van der Waals surface area contributed by atoms with E-state index < -0.39 is 0 Å². The molecular formula is C16H20N4O2. The molecule has 6 nitrogen and oxygen atoms in total. The topological polar surface area (TPSA) is 72.1 Å². The predicted octanol–water partition coefficient (Wildman–Crippen LogP) is 2.44. The largest absolute Gasteiger partial charge is 0.361 e. The molecule has 0 spiro atoms. The lowest BCUT2D eigenvalue weighted by atomic mass is 9.95. The van der Waals surface area contributed by atoms with E-state index in [0.717, 1.165) is 43.7 Å². The molecule has 1 unspecified atom stereocenters. The standard InChI is InChI=1S/C16H20N4O2/c1-2-4-13-9-14(19-22-13)16(21)20-8-3-5-12(11-20)15-10-17-6-7-18-15/h6-7,9-10,12H,2-5,8,11H2,1H3. The van der Waals surface area contributed by atoms with Crippen LogP contribution in [-0.4, -0.2) is 39.0 Å². The molecule has 0 aliphatic carbocycles. The van der Waals surface area contributed by atoms with Crippen molar-refractivity contribution in [2.24, 2.45) is 0 Å². The average Bonchev–Trinajstić information content (AvgIpc) is 3.04. The fourth-order valence-corrected chi connectivity index (χ4v) is 2.86. The highest BCUT2D eigenvalue weighted by atomic mass is 16.5. The third-order valence-corrected chi connectivity index (χ3v) is 3.98. The zero-order valence-electron chi connectivity index (χ0n) is 12.7. The Bertz CT molecular complexity index is 626. The third kappa shape index (κ3) is 3.16. The summed E-state index contributed by atoms with van der Waals surface area (Å²) in [5.41, 5.74) is 1.36. The van der Waals surface area contributed by atoms with Crippen molar-refractivity contribution >= 4 is 5.91 Å². The molecule has 2 aromatic heterocycles. The summed E-state index contributed by atoms with van der Waals surface area (Å²) in [5, 5.41) is 3.91. The first-order valence-electron chi connectivity index (χ1n) is 7.78. The second-order valence-electron chi connectivity index (χ2n) is 5.65. The highest BCUT2D eigenvalue weighted by molar-refractivity contribution is 5.92. The number of aromatic nitrogens is 3. The zero-order valence-corrected chi connectivity index (χ0v) is 12.7. The summed E-state index contributed by atoms with van der Waals surface area (Å²) < 4.78 is 5.21. The van der Waals surface area contributed by atoms with Crippen LogP contribution in [0, 0.1) is 0 Å². The molecule has 1 atom stereocenters. The quantitative estimate of drug-likeness (QED) is 0.867. The van der Waals surface area contributed by atoms with Crippen LogP contribution in [0.3, 0.4) is 0 Å². The van der Waals surface area contributed by atoms with Gasteiger partial charge in [0.2, 0.25) is 0 Å². The lowest BCUT2D eigenvalue weighted by Gasteiger charge is -2.31. The molecule has 6 heteroatoms. The number of likely N-dealkylation sites (tertiary alicyclic amines) is 1. The molecule has 0 saturated carbocycles. The second-order valence-corrected chi connectivity index (χ2v) is 5.65. The van der Waals surface area contributed by atoms with Gasteiger partial charge >= 0.3 is 0 Å². The van der Waals surface area contributed by atoms with Gasteiger partial charge < -0.3 is 9.42 Å². The number of carbonyl (C=O) groups is 1. The van der Waals surface area contributed by atoms with E-state index in [-0.39, 0.29) is 11.8 Å². The molecular weight excluding hydrogens is 280 g/mol. The summed E-state index contributed by atoms with van der Waals surface area (Å²) in [6, 6.07) is 1.76. The number of amides is 1. The van der Waals surface area contributed by atoms with Crippen LogP contribution in [0.25, 0.3) is 0 Å². The minimum absolute atomic E-state index is 0.0558. The Morgan fingerprint density at radius 3 is 3.14 bits per heavy atom. The number of carbonyl (C=O) groups excluding carboxylic acids is 1. The van der Waals surface area contributed by atoms with Crippen LogP contribution in [0.1, 0.15) is 54.0 Å². The highest BCUT2D eigenvalue weighted by Gasteiger charge is 2.27. The second kappa shape index (κ2) is 6.68. The van der Waals surface area contributed by atoms with Gasteiger partial charge in [-0.3, -0.25) is 14.8 Å². The molecule has 0 radical (unpaired) electrons. The van der Waals surface area contributed by atoms with E-state index in [1.54, 1.807) is 24.7 Å². The summed E-state index contributed by atoms with van der Waals surface area (Å²) in [5.74, 6) is 0.960. The van der Waals surface area contributed by atoms with Gasteiger partial charge in [0.05, 0.1) is 5.69 Å². The average molecular weight is 300 g/mol. The maximum Gasteiger partial charge on any atom is 0.276 e. The number of aryl methyl sites for hydroxylation is 1. The lowest BCUT2D eigenvalue weighted by molar-refractivity contribution is 0.0695. The molecule has 1 aliphatic heterocycles. The van der Waals surface area contributed by atoms with Gasteiger partial charge in [0, 0.05) is 50.1 Å². The Morgan fingerprint density at radius 1 is 1.45 bits per heavy atom. The fraction of sp³-hybridized carbons (Fsp3) is 0.500. The van der Waals surface area contributed by atoms with E-state index in [0.29, 0.717) is 12.2 Å². The van der Waals surface area contributed by atoms with E-state index in [9.17, 15) is 4.79 Å². The molecule has 1 amide bonds. The van der Waals surface area contributed by atoms with Crippen molar-refractivity contribution in [1.29, 1.82) is 0 Å². The molecule has 0 N–H and O–H groups in total. The Balaban J connectivity index is 1.69. The molecule has 0 aromatic carbocycles. The molecule has 1 saturated heterocycles. The number of hydrogen-bond donors (Lipinski definition) is 0. The lowest BCUT2D eigenvalue weighted by Crippen LogP contribution is -2.39. The van der Waals surface area contributed by atoms with Gasteiger partial charge in [0.15, 0.2) is 5.69 Å². The number of hydrogen-bond acceptors (Lipinski definition) is 5. The van der Waals surface area contributed by atoms with Crippen molar-refractivity contribution in [3.05, 3.63) is 41.8 Å². The summed E-state index contributed by atoms with van der Waals surface area (Å²) >= 11 is 0. The van der Waals surface area contributed by atoms with Crippen molar-refractivity contribution in [3.63, 3.8) is 0 Å². The molecule has 116 valence electrons. The molecule has 3 rings (SSSR count). The van der Waals surface area contributed by atoms with Gasteiger partial charge in [0.1, 0.15) is 5.76 Å². The highest BCUT2D eigenvalue weighted by Crippen LogP contribution is 2.25. The van der Waals surface area contributed by atoms with Gasteiger partial charge in [-0.1, -0.05) is 12.1 Å². The Labute approximate surface area is 129 Å².